The molecule has 3 aromatic rings. The molecular formula is C24H25N5O9S2. The van der Waals surface area contributed by atoms with Gasteiger partial charge in [0.15, 0.2) is 0 Å². The summed E-state index contributed by atoms with van der Waals surface area (Å²) in [5, 5.41) is 26.0. The second-order valence-corrected chi connectivity index (χ2v) is 12.3. The van der Waals surface area contributed by atoms with Gasteiger partial charge in [0.2, 0.25) is 15.9 Å². The molecule has 14 nitrogen and oxygen atoms in total. The summed E-state index contributed by atoms with van der Waals surface area (Å²) in [6, 6.07) is 16.1. The van der Waals surface area contributed by atoms with E-state index in [0.29, 0.717) is 9.98 Å². The Balaban J connectivity index is 2.04. The molecule has 0 unspecified atom stereocenters. The van der Waals surface area contributed by atoms with E-state index in [2.05, 4.69) is 5.10 Å². The molecule has 0 bridgehead atoms. The maximum Gasteiger partial charge on any atom is 0.278 e. The molecule has 212 valence electrons. The molecule has 0 amide bonds. The third kappa shape index (κ3) is 6.59. The third-order valence-corrected chi connectivity index (χ3v) is 9.39. The van der Waals surface area contributed by atoms with Gasteiger partial charge < -0.3 is 4.74 Å². The van der Waals surface area contributed by atoms with Crippen molar-refractivity contribution in [2.45, 2.75) is 22.3 Å². The van der Waals surface area contributed by atoms with Gasteiger partial charge in [-0.2, -0.15) is 17.1 Å². The van der Waals surface area contributed by atoms with Gasteiger partial charge in [0.25, 0.3) is 21.4 Å². The molecule has 0 spiro atoms. The first-order valence-corrected chi connectivity index (χ1v) is 14.3. The average Bonchev–Trinajstić information content (AvgIpc) is 2.94. The number of non-ortho nitro benzene ring substituents is 2. The molecule has 16 heteroatoms. The van der Waals surface area contributed by atoms with E-state index in [1.807, 2.05) is 0 Å². The lowest BCUT2D eigenvalue weighted by Gasteiger charge is -2.28. The van der Waals surface area contributed by atoms with E-state index < -0.39 is 35.9 Å². The summed E-state index contributed by atoms with van der Waals surface area (Å²) in [6.07, 6.45) is 0.0294. The molecule has 0 saturated heterocycles. The van der Waals surface area contributed by atoms with Crippen LogP contribution < -0.4 is 0 Å². The molecule has 0 saturated carbocycles. The van der Waals surface area contributed by atoms with E-state index in [0.717, 1.165) is 59.9 Å². The summed E-state index contributed by atoms with van der Waals surface area (Å²) in [6.45, 7) is 0. The van der Waals surface area contributed by atoms with Crippen LogP contribution in [0.15, 0.2) is 93.8 Å². The normalized spacial score (nSPS) is 13.1. The van der Waals surface area contributed by atoms with E-state index in [4.69, 9.17) is 4.74 Å². The van der Waals surface area contributed by atoms with E-state index in [-0.39, 0.29) is 33.5 Å². The van der Waals surface area contributed by atoms with E-state index in [9.17, 15) is 37.1 Å². The van der Waals surface area contributed by atoms with E-state index in [1.54, 1.807) is 30.3 Å². The monoisotopic (exact) mass is 591 g/mol. The van der Waals surface area contributed by atoms with Gasteiger partial charge in [0, 0.05) is 38.4 Å². The predicted molar refractivity (Wildman–Crippen MR) is 144 cm³/mol. The molecule has 0 aromatic heterocycles. The molecule has 0 aliphatic heterocycles. The minimum absolute atomic E-state index is 0.0294. The Hall–Kier alpha value is -4.41. The second-order valence-electron chi connectivity index (χ2n) is 8.31. The minimum atomic E-state index is -4.31. The van der Waals surface area contributed by atoms with E-state index >= 15 is 0 Å². The summed E-state index contributed by atoms with van der Waals surface area (Å²) in [5.41, 5.74) is 0.0900. The summed E-state index contributed by atoms with van der Waals surface area (Å²) >= 11 is 0. The SMILES string of the molecule is CO/C(=N\N(C)S(=O)(=O)c1ccc([N+](=O)[O-])cc1)[C@H](Cc1ccccc1)N(C)S(=O)(=O)c1ccc([N+](=O)[O-])cc1. The van der Waals surface area contributed by atoms with Crippen LogP contribution in [0.3, 0.4) is 0 Å². The molecule has 40 heavy (non-hydrogen) atoms. The lowest BCUT2D eigenvalue weighted by atomic mass is 10.1. The average molecular weight is 592 g/mol. The fourth-order valence-electron chi connectivity index (χ4n) is 3.61. The highest BCUT2D eigenvalue weighted by Crippen LogP contribution is 2.24. The molecule has 0 aliphatic carbocycles. The summed E-state index contributed by atoms with van der Waals surface area (Å²) < 4.78 is 60.2. The third-order valence-electron chi connectivity index (χ3n) is 5.86. The molecule has 0 aliphatic rings. The number of methoxy groups -OCH3 is 1. The van der Waals surface area contributed by atoms with Crippen molar-refractivity contribution in [3.8, 4) is 0 Å². The lowest BCUT2D eigenvalue weighted by Crippen LogP contribution is -2.45. The molecule has 0 N–H and O–H groups in total. The number of nitro benzene ring substituents is 2. The number of benzene rings is 3. The molecule has 1 atom stereocenters. The fourth-order valence-corrected chi connectivity index (χ4v) is 5.90. The van der Waals surface area contributed by atoms with Crippen molar-refractivity contribution in [3.05, 3.63) is 105 Å². The lowest BCUT2D eigenvalue weighted by molar-refractivity contribution is -0.385. The number of nitrogens with zero attached hydrogens (tertiary/aromatic N) is 5. The van der Waals surface area contributed by atoms with Crippen LogP contribution in [0.1, 0.15) is 5.56 Å². The molecular weight excluding hydrogens is 566 g/mol. The van der Waals surface area contributed by atoms with Crippen LogP contribution in [0.2, 0.25) is 0 Å². The molecule has 3 rings (SSSR count). The standard InChI is InChI=1S/C24H25N5O9S2/c1-26(39(34,35)21-13-9-19(10-14-21)28(30)31)23(17-18-7-5-4-6-8-18)24(38-3)25-27(2)40(36,37)22-15-11-20(12-16-22)29(32)33/h4-16,23H,17H2,1-3H3/b25-24-/t23-/m0/s1. The minimum Gasteiger partial charge on any atom is -0.482 e. The Labute approximate surface area is 230 Å². The molecule has 0 heterocycles. The number of ether oxygens (including phenoxy) is 1. The Morgan fingerprint density at radius 3 is 1.68 bits per heavy atom. The van der Waals surface area contributed by atoms with Crippen molar-refractivity contribution in [1.82, 2.24) is 8.72 Å². The largest absolute Gasteiger partial charge is 0.482 e. The Morgan fingerprint density at radius 2 is 1.25 bits per heavy atom. The molecule has 0 fully saturated rings. The first-order chi connectivity index (χ1) is 18.8. The molecule has 0 radical (unpaired) electrons. The summed E-state index contributed by atoms with van der Waals surface area (Å²) in [4.78, 5) is 20.1. The number of hydrazone groups is 1. The van der Waals surface area contributed by atoms with Crippen molar-refractivity contribution in [2.75, 3.05) is 21.2 Å². The first-order valence-electron chi connectivity index (χ1n) is 11.4. The number of hydrogen-bond donors (Lipinski definition) is 0. The van der Waals surface area contributed by atoms with Gasteiger partial charge in [-0.1, -0.05) is 30.3 Å². The highest BCUT2D eigenvalue weighted by molar-refractivity contribution is 7.89. The highest BCUT2D eigenvalue weighted by Gasteiger charge is 2.34. The van der Waals surface area contributed by atoms with Gasteiger partial charge in [0.1, 0.15) is 6.04 Å². The zero-order valence-electron chi connectivity index (χ0n) is 21.5. The van der Waals surface area contributed by atoms with Crippen LogP contribution in [-0.2, 0) is 31.2 Å². The highest BCUT2D eigenvalue weighted by atomic mass is 32.2. The Kier molecular flexibility index (Phi) is 9.18. The van der Waals surface area contributed by atoms with Gasteiger partial charge in [-0.25, -0.2) is 8.42 Å². The van der Waals surface area contributed by atoms with Gasteiger partial charge in [-0.15, -0.1) is 5.10 Å². The fraction of sp³-hybridized carbons (Fsp3) is 0.208. The zero-order chi connectivity index (χ0) is 29.7. The van der Waals surface area contributed by atoms with Crippen molar-refractivity contribution in [3.63, 3.8) is 0 Å². The summed E-state index contributed by atoms with van der Waals surface area (Å²) in [5.74, 6) is -0.273. The van der Waals surface area contributed by atoms with Gasteiger partial charge in [0.05, 0.1) is 26.7 Å². The van der Waals surface area contributed by atoms with Crippen LogP contribution in [0.4, 0.5) is 11.4 Å². The van der Waals surface area contributed by atoms with Gasteiger partial charge in [-0.05, 0) is 36.2 Å². The summed E-state index contributed by atoms with van der Waals surface area (Å²) in [7, 11) is -5.01. The number of nitro groups is 2. The second kappa shape index (κ2) is 12.2. The van der Waals surface area contributed by atoms with Crippen LogP contribution in [0, 0.1) is 20.2 Å². The van der Waals surface area contributed by atoms with Crippen molar-refractivity contribution >= 4 is 37.3 Å². The smallest absolute Gasteiger partial charge is 0.278 e. The van der Waals surface area contributed by atoms with Crippen molar-refractivity contribution in [1.29, 1.82) is 0 Å². The Bertz CT molecular complexity index is 1610. The van der Waals surface area contributed by atoms with Crippen molar-refractivity contribution in [2.24, 2.45) is 5.10 Å². The maximum absolute atomic E-state index is 13.5. The Morgan fingerprint density at radius 1 is 0.800 bits per heavy atom. The number of sulfonamides is 2. The van der Waals surface area contributed by atoms with Crippen LogP contribution in [0.25, 0.3) is 0 Å². The van der Waals surface area contributed by atoms with Crippen molar-refractivity contribution < 1.29 is 31.4 Å². The van der Waals surface area contributed by atoms with Crippen LogP contribution in [-0.4, -0.2) is 68.5 Å². The number of hydrogen-bond acceptors (Lipinski definition) is 10. The van der Waals surface area contributed by atoms with Gasteiger partial charge >= 0.3 is 0 Å². The quantitative estimate of drug-likeness (QED) is 0.140. The topological polar surface area (TPSA) is 183 Å². The van der Waals surface area contributed by atoms with Gasteiger partial charge in [-0.3, -0.25) is 20.2 Å². The van der Waals surface area contributed by atoms with E-state index in [1.165, 1.54) is 14.2 Å². The number of rotatable bonds is 11. The number of likely N-dealkylation sites (N-methyl/N-ethyl adjacent to an activating group) is 1. The maximum atomic E-state index is 13.5. The first kappa shape index (κ1) is 30.1. The predicted octanol–water partition coefficient (Wildman–Crippen LogP) is 3.02. The molecule has 3 aromatic carbocycles. The van der Waals surface area contributed by atoms with Crippen LogP contribution in [0.5, 0.6) is 0 Å². The van der Waals surface area contributed by atoms with Crippen LogP contribution >= 0.6 is 0 Å². The zero-order valence-corrected chi connectivity index (χ0v) is 23.1.